The first kappa shape index (κ1) is 15.7. The Balaban J connectivity index is 1.95. The van der Waals surface area contributed by atoms with Crippen molar-refractivity contribution in [1.82, 2.24) is 4.90 Å². The average molecular weight is 291 g/mol. The van der Waals surface area contributed by atoms with Gasteiger partial charge in [-0.05, 0) is 35.6 Å². The van der Waals surface area contributed by atoms with Crippen LogP contribution in [0.15, 0.2) is 30.3 Å². The number of carbonyl (C=O) groups excluding carboxylic acids is 1. The van der Waals surface area contributed by atoms with Gasteiger partial charge in [0.2, 0.25) is 5.91 Å². The van der Waals surface area contributed by atoms with Gasteiger partial charge >= 0.3 is 0 Å². The molecule has 1 aliphatic heterocycles. The standard InChI is InChI=1S/C17H22FNO2/c1-12(2)16(20)11-17(21)19-9-7-14(8-10-19)13-3-5-15(18)6-4-13/h3-7,12,16,20H,8-11H2,1-2H3. The fourth-order valence-electron chi connectivity index (χ4n) is 2.37. The average Bonchev–Trinajstić information content (AvgIpc) is 2.48. The van der Waals surface area contributed by atoms with Gasteiger partial charge in [0.1, 0.15) is 5.82 Å². The molecule has 3 nitrogen and oxygen atoms in total. The highest BCUT2D eigenvalue weighted by atomic mass is 19.1. The molecule has 1 amide bonds. The maximum Gasteiger partial charge on any atom is 0.225 e. The lowest BCUT2D eigenvalue weighted by molar-refractivity contribution is -0.133. The largest absolute Gasteiger partial charge is 0.392 e. The SMILES string of the molecule is CC(C)C(O)CC(=O)N1CC=C(c2ccc(F)cc2)CC1. The van der Waals surface area contributed by atoms with Gasteiger partial charge in [-0.15, -0.1) is 0 Å². The Morgan fingerprint density at radius 1 is 1.33 bits per heavy atom. The topological polar surface area (TPSA) is 40.5 Å². The normalized spacial score (nSPS) is 16.8. The van der Waals surface area contributed by atoms with Crippen LogP contribution in [0.1, 0.15) is 32.3 Å². The molecule has 0 saturated carbocycles. The maximum atomic E-state index is 12.9. The van der Waals surface area contributed by atoms with Crippen molar-refractivity contribution in [3.05, 3.63) is 41.7 Å². The summed E-state index contributed by atoms with van der Waals surface area (Å²) in [5, 5.41) is 9.79. The smallest absolute Gasteiger partial charge is 0.225 e. The zero-order valence-electron chi connectivity index (χ0n) is 12.6. The molecule has 0 saturated heterocycles. The number of amides is 1. The van der Waals surface area contributed by atoms with E-state index in [0.717, 1.165) is 17.6 Å². The molecule has 1 aromatic rings. The van der Waals surface area contributed by atoms with Gasteiger partial charge in [-0.1, -0.05) is 32.1 Å². The van der Waals surface area contributed by atoms with Crippen LogP contribution in [0.5, 0.6) is 0 Å². The van der Waals surface area contributed by atoms with Crippen LogP contribution in [0.3, 0.4) is 0 Å². The van der Waals surface area contributed by atoms with E-state index in [1.54, 1.807) is 17.0 Å². The van der Waals surface area contributed by atoms with Crippen molar-refractivity contribution in [3.63, 3.8) is 0 Å². The summed E-state index contributed by atoms with van der Waals surface area (Å²) in [4.78, 5) is 13.9. The number of rotatable bonds is 4. The van der Waals surface area contributed by atoms with Crippen LogP contribution in [-0.2, 0) is 4.79 Å². The van der Waals surface area contributed by atoms with Crippen LogP contribution in [-0.4, -0.2) is 35.1 Å². The minimum absolute atomic E-state index is 0.00870. The third-order valence-electron chi connectivity index (χ3n) is 3.93. The highest BCUT2D eigenvalue weighted by molar-refractivity contribution is 5.78. The molecular formula is C17H22FNO2. The van der Waals surface area contributed by atoms with Gasteiger partial charge in [0, 0.05) is 13.1 Å². The van der Waals surface area contributed by atoms with Gasteiger partial charge in [-0.2, -0.15) is 0 Å². The van der Waals surface area contributed by atoms with E-state index >= 15 is 0 Å². The Hall–Kier alpha value is -1.68. The molecule has 1 aliphatic rings. The molecule has 0 fully saturated rings. The summed E-state index contributed by atoms with van der Waals surface area (Å²) in [7, 11) is 0. The molecule has 1 heterocycles. The molecule has 0 aliphatic carbocycles. The van der Waals surface area contributed by atoms with Crippen molar-refractivity contribution in [2.75, 3.05) is 13.1 Å². The quantitative estimate of drug-likeness (QED) is 0.926. The number of hydrogen-bond donors (Lipinski definition) is 1. The Morgan fingerprint density at radius 3 is 2.52 bits per heavy atom. The predicted octanol–water partition coefficient (Wildman–Crippen LogP) is 2.85. The molecule has 21 heavy (non-hydrogen) atoms. The monoisotopic (exact) mass is 291 g/mol. The summed E-state index contributed by atoms with van der Waals surface area (Å²) >= 11 is 0. The van der Waals surface area contributed by atoms with E-state index in [9.17, 15) is 14.3 Å². The van der Waals surface area contributed by atoms with Gasteiger partial charge in [0.05, 0.1) is 12.5 Å². The molecule has 1 N–H and O–H groups in total. The molecule has 0 spiro atoms. The van der Waals surface area contributed by atoms with Crippen LogP contribution >= 0.6 is 0 Å². The summed E-state index contributed by atoms with van der Waals surface area (Å²) in [5.74, 6) is -0.163. The fourth-order valence-corrected chi connectivity index (χ4v) is 2.37. The molecule has 1 atom stereocenters. The number of halogens is 1. The number of carbonyl (C=O) groups is 1. The Labute approximate surface area is 125 Å². The fraction of sp³-hybridized carbons (Fsp3) is 0.471. The first-order valence-corrected chi connectivity index (χ1v) is 7.38. The summed E-state index contributed by atoms with van der Waals surface area (Å²) in [6, 6.07) is 6.43. The summed E-state index contributed by atoms with van der Waals surface area (Å²) in [6.45, 7) is 5.00. The molecule has 114 valence electrons. The highest BCUT2D eigenvalue weighted by Gasteiger charge is 2.21. The van der Waals surface area contributed by atoms with E-state index in [2.05, 4.69) is 0 Å². The molecule has 1 unspecified atom stereocenters. The lowest BCUT2D eigenvalue weighted by Crippen LogP contribution is -2.37. The van der Waals surface area contributed by atoms with E-state index < -0.39 is 6.10 Å². The lowest BCUT2D eigenvalue weighted by Gasteiger charge is -2.28. The summed E-state index contributed by atoms with van der Waals surface area (Å²) < 4.78 is 12.9. The first-order valence-electron chi connectivity index (χ1n) is 7.38. The Morgan fingerprint density at radius 2 is 2.00 bits per heavy atom. The molecule has 0 aromatic heterocycles. The van der Waals surface area contributed by atoms with Crippen molar-refractivity contribution in [1.29, 1.82) is 0 Å². The van der Waals surface area contributed by atoms with E-state index in [-0.39, 0.29) is 24.1 Å². The van der Waals surface area contributed by atoms with E-state index in [4.69, 9.17) is 0 Å². The van der Waals surface area contributed by atoms with Crippen LogP contribution in [0, 0.1) is 11.7 Å². The van der Waals surface area contributed by atoms with Gasteiger partial charge in [-0.3, -0.25) is 4.79 Å². The van der Waals surface area contributed by atoms with E-state index in [1.165, 1.54) is 12.1 Å². The predicted molar refractivity (Wildman–Crippen MR) is 81.0 cm³/mol. The number of benzene rings is 1. The van der Waals surface area contributed by atoms with E-state index in [1.807, 2.05) is 19.9 Å². The second-order valence-electron chi connectivity index (χ2n) is 5.84. The molecular weight excluding hydrogens is 269 g/mol. The highest BCUT2D eigenvalue weighted by Crippen LogP contribution is 2.23. The third-order valence-corrected chi connectivity index (χ3v) is 3.93. The van der Waals surface area contributed by atoms with Crippen LogP contribution in [0.25, 0.3) is 5.57 Å². The zero-order valence-corrected chi connectivity index (χ0v) is 12.6. The number of aliphatic hydroxyl groups excluding tert-OH is 1. The van der Waals surface area contributed by atoms with Gasteiger partial charge in [0.25, 0.3) is 0 Å². The van der Waals surface area contributed by atoms with Crippen molar-refractivity contribution in [2.24, 2.45) is 5.92 Å². The Bertz CT molecular complexity index is 522. The van der Waals surface area contributed by atoms with Crippen LogP contribution < -0.4 is 0 Å². The Kier molecular flexibility index (Phi) is 5.12. The molecule has 0 radical (unpaired) electrons. The number of hydrogen-bond acceptors (Lipinski definition) is 2. The van der Waals surface area contributed by atoms with Gasteiger partial charge < -0.3 is 10.0 Å². The van der Waals surface area contributed by atoms with Crippen molar-refractivity contribution in [3.8, 4) is 0 Å². The second kappa shape index (κ2) is 6.85. The molecule has 1 aromatic carbocycles. The minimum Gasteiger partial charge on any atom is -0.392 e. The van der Waals surface area contributed by atoms with Crippen LogP contribution in [0.4, 0.5) is 4.39 Å². The van der Waals surface area contributed by atoms with Crippen molar-refractivity contribution in [2.45, 2.75) is 32.8 Å². The van der Waals surface area contributed by atoms with Crippen molar-refractivity contribution < 1.29 is 14.3 Å². The number of aliphatic hydroxyl groups is 1. The minimum atomic E-state index is -0.583. The van der Waals surface area contributed by atoms with E-state index in [0.29, 0.717) is 13.1 Å². The molecule has 2 rings (SSSR count). The van der Waals surface area contributed by atoms with Gasteiger partial charge in [0.15, 0.2) is 0 Å². The summed E-state index contributed by atoms with van der Waals surface area (Å²) in [5.41, 5.74) is 2.15. The molecule has 0 bridgehead atoms. The second-order valence-corrected chi connectivity index (χ2v) is 5.84. The maximum absolute atomic E-state index is 12.9. The third kappa shape index (κ3) is 4.14. The zero-order chi connectivity index (χ0) is 15.4. The summed E-state index contributed by atoms with van der Waals surface area (Å²) in [6.07, 6.45) is 2.36. The number of nitrogens with zero attached hydrogens (tertiary/aromatic N) is 1. The lowest BCUT2D eigenvalue weighted by atomic mass is 9.98. The molecule has 4 heteroatoms. The van der Waals surface area contributed by atoms with Gasteiger partial charge in [-0.25, -0.2) is 4.39 Å². The first-order chi connectivity index (χ1) is 9.97. The van der Waals surface area contributed by atoms with Crippen LogP contribution in [0.2, 0.25) is 0 Å². The van der Waals surface area contributed by atoms with Crippen molar-refractivity contribution >= 4 is 11.5 Å².